The third kappa shape index (κ3) is 8000. The maximum atomic E-state index is 8.74. The SMILES string of the molecule is N.O=[PH](O)O.O=[PH](O)O.O=[PH](O)O. The van der Waals surface area contributed by atoms with E-state index in [1.165, 1.54) is 0 Å². The molecular weight excluding hydrogens is 251 g/mol. The highest BCUT2D eigenvalue weighted by Crippen LogP contribution is 1.99. The Balaban J connectivity index is -0.0000000450. The van der Waals surface area contributed by atoms with E-state index in [1.54, 1.807) is 0 Å². The summed E-state index contributed by atoms with van der Waals surface area (Å²) in [4.78, 5) is 42.9. The molecular formula is H12NO9P3. The molecule has 0 spiro atoms. The van der Waals surface area contributed by atoms with Crippen LogP contribution in [0.5, 0.6) is 0 Å². The summed E-state index contributed by atoms with van der Waals surface area (Å²) >= 11 is 0. The minimum atomic E-state index is -3.13. The highest BCUT2D eigenvalue weighted by molar-refractivity contribution is 7.31. The molecule has 0 aliphatic rings. The normalized spacial score (nSPS) is 8.08. The van der Waals surface area contributed by atoms with Gasteiger partial charge in [0.25, 0.3) is 0 Å². The molecule has 0 rings (SSSR count). The van der Waals surface area contributed by atoms with Crippen molar-refractivity contribution in [1.29, 1.82) is 0 Å². The van der Waals surface area contributed by atoms with Crippen LogP contribution in [0.1, 0.15) is 0 Å². The Morgan fingerprint density at radius 1 is 0.538 bits per heavy atom. The summed E-state index contributed by atoms with van der Waals surface area (Å²) < 4.78 is 26.2. The second kappa shape index (κ2) is 18.2. The molecule has 0 saturated carbocycles. The van der Waals surface area contributed by atoms with Crippen molar-refractivity contribution in [3.05, 3.63) is 0 Å². The third-order valence-corrected chi connectivity index (χ3v) is 0. The van der Waals surface area contributed by atoms with Crippen molar-refractivity contribution >= 4 is 24.8 Å². The third-order valence-electron chi connectivity index (χ3n) is 0. The Morgan fingerprint density at radius 3 is 0.538 bits per heavy atom. The average Bonchev–Trinajstić information content (AvgIpc) is 1.54. The highest BCUT2D eigenvalue weighted by Gasteiger charge is 1.62. The van der Waals surface area contributed by atoms with Gasteiger partial charge in [-0.3, -0.25) is 13.7 Å². The molecule has 0 amide bonds. The fourth-order valence-corrected chi connectivity index (χ4v) is 0. The van der Waals surface area contributed by atoms with Gasteiger partial charge in [0, 0.05) is 0 Å². The maximum absolute atomic E-state index is 8.74. The Morgan fingerprint density at radius 2 is 0.538 bits per heavy atom. The van der Waals surface area contributed by atoms with Crippen LogP contribution in [0, 0.1) is 0 Å². The summed E-state index contributed by atoms with van der Waals surface area (Å²) in [7, 11) is -9.39. The lowest BCUT2D eigenvalue weighted by molar-refractivity contribution is 0.403. The molecule has 0 aromatic heterocycles. The van der Waals surface area contributed by atoms with Crippen LogP contribution in [0.3, 0.4) is 0 Å². The van der Waals surface area contributed by atoms with Gasteiger partial charge in [-0.1, -0.05) is 0 Å². The van der Waals surface area contributed by atoms with Gasteiger partial charge in [0.1, 0.15) is 0 Å². The molecule has 0 aromatic rings. The Labute approximate surface area is 74.9 Å². The van der Waals surface area contributed by atoms with Crippen LogP contribution in [-0.4, -0.2) is 29.4 Å². The summed E-state index contributed by atoms with van der Waals surface area (Å²) in [6, 6.07) is 0. The largest absolute Gasteiger partial charge is 0.344 e. The summed E-state index contributed by atoms with van der Waals surface area (Å²) in [5, 5.41) is 0. The van der Waals surface area contributed by atoms with Gasteiger partial charge >= 0.3 is 24.8 Å². The van der Waals surface area contributed by atoms with Crippen molar-refractivity contribution in [2.75, 3.05) is 0 Å². The second-order valence-electron chi connectivity index (χ2n) is 0.848. The zero-order chi connectivity index (χ0) is 10.7. The molecule has 86 valence electrons. The van der Waals surface area contributed by atoms with Crippen LogP contribution >= 0.6 is 24.8 Å². The lowest BCUT2D eigenvalue weighted by Gasteiger charge is -1.61. The van der Waals surface area contributed by atoms with Crippen LogP contribution in [0.25, 0.3) is 0 Å². The van der Waals surface area contributed by atoms with E-state index >= 15 is 0 Å². The average molecular weight is 263 g/mol. The topological polar surface area (TPSA) is 208 Å². The summed E-state index contributed by atoms with van der Waals surface area (Å²) in [6.07, 6.45) is 0. The molecule has 0 radical (unpaired) electrons. The Kier molecular flexibility index (Phi) is 32.7. The van der Waals surface area contributed by atoms with Crippen molar-refractivity contribution in [3.63, 3.8) is 0 Å². The van der Waals surface area contributed by atoms with Crippen molar-refractivity contribution in [3.8, 4) is 0 Å². The van der Waals surface area contributed by atoms with Crippen LogP contribution in [0.15, 0.2) is 0 Å². The molecule has 0 bridgehead atoms. The number of hydrogen-bond acceptors (Lipinski definition) is 4. The van der Waals surface area contributed by atoms with Gasteiger partial charge in [-0.25, -0.2) is 0 Å². The summed E-state index contributed by atoms with van der Waals surface area (Å²) in [5.74, 6) is 0. The van der Waals surface area contributed by atoms with E-state index < -0.39 is 24.8 Å². The lowest BCUT2D eigenvalue weighted by atomic mass is 14.0. The van der Waals surface area contributed by atoms with E-state index in [0.717, 1.165) is 0 Å². The minimum absolute atomic E-state index is 0. The van der Waals surface area contributed by atoms with Crippen molar-refractivity contribution in [1.82, 2.24) is 6.15 Å². The predicted molar refractivity (Wildman–Crippen MR) is 45.3 cm³/mol. The fraction of sp³-hybridized carbons (Fsp3) is 0. The number of rotatable bonds is 0. The molecule has 10 nitrogen and oxygen atoms in total. The van der Waals surface area contributed by atoms with Crippen molar-refractivity contribution in [2.45, 2.75) is 0 Å². The Bertz CT molecular complexity index is 112. The molecule has 13 heteroatoms. The van der Waals surface area contributed by atoms with E-state index in [0.29, 0.717) is 0 Å². The van der Waals surface area contributed by atoms with Gasteiger partial charge in [-0.15, -0.1) is 0 Å². The van der Waals surface area contributed by atoms with E-state index in [-0.39, 0.29) is 6.15 Å². The van der Waals surface area contributed by atoms with Crippen LogP contribution in [-0.2, 0) is 13.7 Å². The minimum Gasteiger partial charge on any atom is -0.344 e. The quantitative estimate of drug-likeness (QED) is 0.245. The van der Waals surface area contributed by atoms with Crippen LogP contribution < -0.4 is 6.15 Å². The molecule has 0 atom stereocenters. The first-order valence-electron chi connectivity index (χ1n) is 1.95. The lowest BCUT2D eigenvalue weighted by Crippen LogP contribution is -1.38. The van der Waals surface area contributed by atoms with Gasteiger partial charge in [0.2, 0.25) is 0 Å². The first-order chi connectivity index (χ1) is 5.20. The van der Waals surface area contributed by atoms with E-state index in [1.807, 2.05) is 0 Å². The molecule has 0 aliphatic carbocycles. The first kappa shape index (κ1) is 23.3. The summed E-state index contributed by atoms with van der Waals surface area (Å²) in [6.45, 7) is 0. The number of hydrogen-bond donors (Lipinski definition) is 7. The van der Waals surface area contributed by atoms with Crippen molar-refractivity contribution < 1.29 is 43.1 Å². The molecule has 0 aliphatic heterocycles. The van der Waals surface area contributed by atoms with Crippen LogP contribution in [0.4, 0.5) is 0 Å². The van der Waals surface area contributed by atoms with E-state index in [2.05, 4.69) is 0 Å². The van der Waals surface area contributed by atoms with Gasteiger partial charge < -0.3 is 35.5 Å². The van der Waals surface area contributed by atoms with Gasteiger partial charge in [0.05, 0.1) is 0 Å². The van der Waals surface area contributed by atoms with Crippen molar-refractivity contribution in [2.24, 2.45) is 0 Å². The van der Waals surface area contributed by atoms with E-state index in [9.17, 15) is 0 Å². The monoisotopic (exact) mass is 263 g/mol. The molecule has 0 heterocycles. The molecule has 0 saturated heterocycles. The van der Waals surface area contributed by atoms with E-state index in [4.69, 9.17) is 43.1 Å². The standard InChI is InChI=1S/H3N.3H3O3P/c;3*1-4(2)3/h1H3;3*4H,(H2,1,2,3). The highest BCUT2D eigenvalue weighted by atomic mass is 31.1. The molecule has 13 heavy (non-hydrogen) atoms. The molecule has 9 N–H and O–H groups in total. The second-order valence-corrected chi connectivity index (χ2v) is 2.54. The zero-order valence-corrected chi connectivity index (χ0v) is 9.12. The Hall–Kier alpha value is 0.410. The van der Waals surface area contributed by atoms with Crippen LogP contribution in [0.2, 0.25) is 0 Å². The predicted octanol–water partition coefficient (Wildman–Crippen LogP) is -1.76. The fourth-order valence-electron chi connectivity index (χ4n) is 0. The zero-order valence-electron chi connectivity index (χ0n) is 6.12. The molecule has 0 aromatic carbocycles. The smallest absolute Gasteiger partial charge is 0.314 e. The van der Waals surface area contributed by atoms with Gasteiger partial charge in [-0.2, -0.15) is 0 Å². The summed E-state index contributed by atoms with van der Waals surface area (Å²) in [5.41, 5.74) is 0. The van der Waals surface area contributed by atoms with Gasteiger partial charge in [-0.05, 0) is 0 Å². The maximum Gasteiger partial charge on any atom is 0.314 e. The molecule has 0 fully saturated rings. The molecule has 0 unspecified atom stereocenters. The first-order valence-corrected chi connectivity index (χ1v) is 5.86. The van der Waals surface area contributed by atoms with Gasteiger partial charge in [0.15, 0.2) is 0 Å².